The van der Waals surface area contributed by atoms with Crippen molar-refractivity contribution in [2.75, 3.05) is 26.2 Å². The molecule has 6 heteroatoms. The summed E-state index contributed by atoms with van der Waals surface area (Å²) in [5.41, 5.74) is 7.62. The molecule has 1 N–H and O–H groups in total. The van der Waals surface area contributed by atoms with Gasteiger partial charge in [0.05, 0.1) is 11.4 Å². The van der Waals surface area contributed by atoms with Crippen molar-refractivity contribution in [3.8, 4) is 5.69 Å². The quantitative estimate of drug-likeness (QED) is 0.269. The number of carbonyl (C=O) groups excluding carboxylic acids is 1. The Morgan fingerprint density at radius 2 is 1.64 bits per heavy atom. The number of hydrogen-bond acceptors (Lipinski definition) is 4. The van der Waals surface area contributed by atoms with Crippen molar-refractivity contribution < 1.29 is 4.79 Å². The summed E-state index contributed by atoms with van der Waals surface area (Å²) in [4.78, 5) is 20.2. The predicted molar refractivity (Wildman–Crippen MR) is 158 cm³/mol. The minimum absolute atomic E-state index is 0.118. The fraction of sp³-hybridized carbons (Fsp3) is 0.424. The van der Waals surface area contributed by atoms with Gasteiger partial charge < -0.3 is 10.2 Å². The molecule has 4 aromatic rings. The first-order valence-electron chi connectivity index (χ1n) is 14.4. The van der Waals surface area contributed by atoms with E-state index in [1.54, 1.807) is 0 Å². The Morgan fingerprint density at radius 3 is 2.36 bits per heavy atom. The van der Waals surface area contributed by atoms with E-state index in [2.05, 4.69) is 47.5 Å². The Labute approximate surface area is 232 Å². The van der Waals surface area contributed by atoms with Crippen molar-refractivity contribution in [2.24, 2.45) is 5.92 Å². The van der Waals surface area contributed by atoms with Gasteiger partial charge >= 0.3 is 0 Å². The van der Waals surface area contributed by atoms with Gasteiger partial charge in [-0.15, -0.1) is 0 Å². The van der Waals surface area contributed by atoms with Gasteiger partial charge in [-0.2, -0.15) is 5.10 Å². The molecular formula is C33H41N5O. The van der Waals surface area contributed by atoms with Crippen molar-refractivity contribution >= 4 is 16.9 Å². The van der Waals surface area contributed by atoms with E-state index in [-0.39, 0.29) is 5.91 Å². The molecule has 39 heavy (non-hydrogen) atoms. The smallest absolute Gasteiger partial charge is 0.220 e. The zero-order valence-corrected chi connectivity index (χ0v) is 23.6. The molecule has 2 aromatic heterocycles. The Kier molecular flexibility index (Phi) is 8.72. The van der Waals surface area contributed by atoms with Gasteiger partial charge in [0.15, 0.2) is 5.65 Å². The first-order chi connectivity index (χ1) is 19.0. The van der Waals surface area contributed by atoms with Gasteiger partial charge in [-0.05, 0) is 107 Å². The highest BCUT2D eigenvalue weighted by Gasteiger charge is 2.20. The van der Waals surface area contributed by atoms with E-state index in [0.29, 0.717) is 12.8 Å². The Bertz CT molecular complexity index is 1390. The lowest BCUT2D eigenvalue weighted by Gasteiger charge is -2.32. The topological polar surface area (TPSA) is 63.1 Å². The van der Waals surface area contributed by atoms with E-state index in [1.165, 1.54) is 43.5 Å². The fourth-order valence-corrected chi connectivity index (χ4v) is 6.04. The average Bonchev–Trinajstić information content (AvgIpc) is 3.28. The molecule has 3 heterocycles. The number of amides is 1. The number of fused-ring (bicyclic) bond motifs is 1. The summed E-state index contributed by atoms with van der Waals surface area (Å²) in [5.74, 6) is 0.910. The summed E-state index contributed by atoms with van der Waals surface area (Å²) in [5, 5.41) is 9.02. The number of aryl methyl sites for hydroxylation is 3. The summed E-state index contributed by atoms with van der Waals surface area (Å²) >= 11 is 0. The van der Waals surface area contributed by atoms with Gasteiger partial charge in [0.1, 0.15) is 0 Å². The van der Waals surface area contributed by atoms with Crippen molar-refractivity contribution in [1.29, 1.82) is 0 Å². The van der Waals surface area contributed by atoms with Crippen LogP contribution in [-0.2, 0) is 17.6 Å². The summed E-state index contributed by atoms with van der Waals surface area (Å²) in [6, 6.07) is 21.0. The van der Waals surface area contributed by atoms with Crippen LogP contribution in [-0.4, -0.2) is 51.8 Å². The van der Waals surface area contributed by atoms with Gasteiger partial charge in [-0.25, -0.2) is 9.67 Å². The monoisotopic (exact) mass is 523 g/mol. The van der Waals surface area contributed by atoms with Crippen LogP contribution in [0.3, 0.4) is 0 Å². The second-order valence-corrected chi connectivity index (χ2v) is 11.0. The van der Waals surface area contributed by atoms with Crippen LogP contribution in [0.5, 0.6) is 0 Å². The number of nitrogens with one attached hydrogen (secondary N) is 1. The number of hydrogen-bond donors (Lipinski definition) is 1. The van der Waals surface area contributed by atoms with E-state index in [1.807, 2.05) is 48.9 Å². The summed E-state index contributed by atoms with van der Waals surface area (Å²) in [6.45, 7) is 10.3. The lowest BCUT2D eigenvalue weighted by molar-refractivity contribution is -0.121. The van der Waals surface area contributed by atoms with Gasteiger partial charge in [-0.3, -0.25) is 4.79 Å². The standard InChI is InChI=1S/C33H41N5O/c1-24-30(25(2)35-33-32(24)26(3)36-38(33)29-13-8-5-9-14-29)15-16-31(39)34-19-10-20-37-21-17-28(18-22-37)23-27-11-6-4-7-12-27/h4-9,11-14,28H,10,15-23H2,1-3H3,(H,34,39). The highest BCUT2D eigenvalue weighted by Crippen LogP contribution is 2.28. The van der Waals surface area contributed by atoms with Crippen molar-refractivity contribution in [2.45, 2.75) is 59.3 Å². The molecule has 0 unspecified atom stereocenters. The molecular weight excluding hydrogens is 482 g/mol. The molecule has 1 fully saturated rings. The maximum Gasteiger partial charge on any atom is 0.220 e. The van der Waals surface area contributed by atoms with Crippen LogP contribution < -0.4 is 5.32 Å². The number of pyridine rings is 1. The number of likely N-dealkylation sites (tertiary alicyclic amines) is 1. The molecule has 1 amide bonds. The van der Waals surface area contributed by atoms with Crippen LogP contribution in [0.4, 0.5) is 0 Å². The molecule has 1 aliphatic heterocycles. The third kappa shape index (κ3) is 6.56. The summed E-state index contributed by atoms with van der Waals surface area (Å²) in [7, 11) is 0. The number of nitrogens with zero attached hydrogens (tertiary/aromatic N) is 4. The van der Waals surface area contributed by atoms with Gasteiger partial charge in [0.25, 0.3) is 0 Å². The fourth-order valence-electron chi connectivity index (χ4n) is 6.04. The molecule has 0 saturated carbocycles. The third-order valence-corrected chi connectivity index (χ3v) is 8.22. The second kappa shape index (κ2) is 12.6. The second-order valence-electron chi connectivity index (χ2n) is 11.0. The predicted octanol–water partition coefficient (Wildman–Crippen LogP) is 5.74. The van der Waals surface area contributed by atoms with Crippen molar-refractivity contribution in [1.82, 2.24) is 25.0 Å². The van der Waals surface area contributed by atoms with Crippen molar-refractivity contribution in [3.63, 3.8) is 0 Å². The summed E-state index contributed by atoms with van der Waals surface area (Å²) in [6.07, 6.45) is 5.90. The molecule has 0 radical (unpaired) electrons. The lowest BCUT2D eigenvalue weighted by Crippen LogP contribution is -2.36. The number of aromatic nitrogens is 3. The lowest BCUT2D eigenvalue weighted by atomic mass is 9.90. The van der Waals surface area contributed by atoms with Crippen LogP contribution in [0.25, 0.3) is 16.7 Å². The molecule has 1 saturated heterocycles. The maximum absolute atomic E-state index is 12.7. The number of benzene rings is 2. The highest BCUT2D eigenvalue weighted by molar-refractivity contribution is 5.85. The number of para-hydroxylation sites is 1. The van der Waals surface area contributed by atoms with E-state index in [9.17, 15) is 4.79 Å². The van der Waals surface area contributed by atoms with Crippen molar-refractivity contribution in [3.05, 3.63) is 88.7 Å². The first-order valence-corrected chi connectivity index (χ1v) is 14.4. The number of piperidine rings is 1. The molecule has 6 nitrogen and oxygen atoms in total. The number of rotatable bonds is 10. The van der Waals surface area contributed by atoms with Crippen LogP contribution in [0, 0.1) is 26.7 Å². The number of carbonyl (C=O) groups is 1. The molecule has 1 aliphatic rings. The zero-order chi connectivity index (χ0) is 27.2. The molecule has 0 aliphatic carbocycles. The molecule has 2 aromatic carbocycles. The van der Waals surface area contributed by atoms with Crippen LogP contribution in [0.15, 0.2) is 60.7 Å². The Hall–Kier alpha value is -3.51. The van der Waals surface area contributed by atoms with Gasteiger partial charge in [0.2, 0.25) is 5.91 Å². The minimum Gasteiger partial charge on any atom is -0.356 e. The largest absolute Gasteiger partial charge is 0.356 e. The van der Waals surface area contributed by atoms with E-state index >= 15 is 0 Å². The van der Waals surface area contributed by atoms with E-state index in [0.717, 1.165) is 59.1 Å². The maximum atomic E-state index is 12.7. The van der Waals surface area contributed by atoms with E-state index < -0.39 is 0 Å². The molecule has 5 rings (SSSR count). The molecule has 0 atom stereocenters. The molecule has 204 valence electrons. The molecule has 0 bridgehead atoms. The van der Waals surface area contributed by atoms with Crippen LogP contribution in [0.2, 0.25) is 0 Å². The summed E-state index contributed by atoms with van der Waals surface area (Å²) < 4.78 is 1.92. The Balaban J connectivity index is 1.07. The third-order valence-electron chi connectivity index (χ3n) is 8.22. The Morgan fingerprint density at radius 1 is 0.949 bits per heavy atom. The zero-order valence-electron chi connectivity index (χ0n) is 23.6. The normalized spacial score (nSPS) is 14.6. The van der Waals surface area contributed by atoms with Gasteiger partial charge in [0, 0.05) is 24.0 Å². The molecule has 0 spiro atoms. The van der Waals surface area contributed by atoms with Crippen LogP contribution in [0.1, 0.15) is 53.8 Å². The first kappa shape index (κ1) is 27.1. The average molecular weight is 524 g/mol. The van der Waals surface area contributed by atoms with Gasteiger partial charge in [-0.1, -0.05) is 48.5 Å². The highest BCUT2D eigenvalue weighted by atomic mass is 16.1. The minimum atomic E-state index is 0.118. The van der Waals surface area contributed by atoms with E-state index in [4.69, 9.17) is 10.1 Å². The SMILES string of the molecule is Cc1nc2c(c(C)nn2-c2ccccc2)c(C)c1CCC(=O)NCCCN1CCC(Cc2ccccc2)CC1. The van der Waals surface area contributed by atoms with Crippen LogP contribution >= 0.6 is 0 Å².